The maximum absolute atomic E-state index is 13.4. The number of benzene rings is 2. The summed E-state index contributed by atoms with van der Waals surface area (Å²) in [5, 5.41) is 6.67. The number of halogens is 4. The Hall–Kier alpha value is -4.10. The van der Waals surface area contributed by atoms with Gasteiger partial charge in [0, 0.05) is 23.0 Å². The summed E-state index contributed by atoms with van der Waals surface area (Å²) in [4.78, 5) is 34.8. The first-order valence-corrected chi connectivity index (χ1v) is 14.8. The standard InChI is InChI=1S/C28H26ClF3N6O3S/c1-15-7-6-8-16(2)24(15)42(5,41)37-27(40)19-9-10-23(33-14-19)38-25(35-18(4)36-38)17(3)34-26(39)20-11-21(28(30,31)32)13-22(29)12-20/h6-14,17H,1-5H3,(H,34,39)/t17-,42?/m0/s1. The number of pyridine rings is 1. The van der Waals surface area contributed by atoms with Crippen molar-refractivity contribution in [1.82, 2.24) is 25.1 Å². The smallest absolute Gasteiger partial charge is 0.342 e. The van der Waals surface area contributed by atoms with Gasteiger partial charge in [0.1, 0.15) is 5.82 Å². The van der Waals surface area contributed by atoms with E-state index in [0.29, 0.717) is 16.8 Å². The molecule has 2 heterocycles. The van der Waals surface area contributed by atoms with Crippen molar-refractivity contribution >= 4 is 33.1 Å². The summed E-state index contributed by atoms with van der Waals surface area (Å²) < 4.78 is 58.3. The predicted molar refractivity (Wildman–Crippen MR) is 151 cm³/mol. The second kappa shape index (κ2) is 11.6. The summed E-state index contributed by atoms with van der Waals surface area (Å²) in [6.45, 7) is 6.80. The zero-order chi connectivity index (χ0) is 31.0. The van der Waals surface area contributed by atoms with E-state index in [0.717, 1.165) is 23.3 Å². The van der Waals surface area contributed by atoms with Gasteiger partial charge >= 0.3 is 6.18 Å². The van der Waals surface area contributed by atoms with Gasteiger partial charge in [-0.1, -0.05) is 29.8 Å². The molecule has 4 aromatic rings. The van der Waals surface area contributed by atoms with Crippen LogP contribution in [0.5, 0.6) is 0 Å². The van der Waals surface area contributed by atoms with Crippen molar-refractivity contribution in [3.05, 3.63) is 99.2 Å². The van der Waals surface area contributed by atoms with E-state index in [4.69, 9.17) is 11.6 Å². The van der Waals surface area contributed by atoms with Crippen LogP contribution in [0.25, 0.3) is 5.82 Å². The molecule has 4 rings (SSSR count). The Morgan fingerprint density at radius 2 is 1.71 bits per heavy atom. The third kappa shape index (κ3) is 6.68. The van der Waals surface area contributed by atoms with E-state index in [1.165, 1.54) is 29.3 Å². The van der Waals surface area contributed by atoms with E-state index >= 15 is 0 Å². The van der Waals surface area contributed by atoms with Crippen LogP contribution in [-0.2, 0) is 15.9 Å². The van der Waals surface area contributed by atoms with Crippen molar-refractivity contribution in [3.8, 4) is 5.82 Å². The van der Waals surface area contributed by atoms with Crippen molar-refractivity contribution in [3.63, 3.8) is 0 Å². The highest BCUT2D eigenvalue weighted by Crippen LogP contribution is 2.32. The number of hydrogen-bond donors (Lipinski definition) is 1. The van der Waals surface area contributed by atoms with Gasteiger partial charge in [0.2, 0.25) is 0 Å². The van der Waals surface area contributed by atoms with Crippen LogP contribution in [0.3, 0.4) is 0 Å². The minimum absolute atomic E-state index is 0.0979. The molecule has 0 saturated carbocycles. The maximum Gasteiger partial charge on any atom is 0.416 e. The van der Waals surface area contributed by atoms with Crippen molar-refractivity contribution < 1.29 is 27.0 Å². The molecule has 2 aromatic heterocycles. The van der Waals surface area contributed by atoms with Crippen LogP contribution in [0.1, 0.15) is 62.0 Å². The Labute approximate surface area is 245 Å². The number of aromatic nitrogens is 4. The van der Waals surface area contributed by atoms with E-state index in [1.54, 1.807) is 39.8 Å². The highest BCUT2D eigenvalue weighted by atomic mass is 35.5. The number of rotatable bonds is 6. The fourth-order valence-electron chi connectivity index (χ4n) is 4.40. The lowest BCUT2D eigenvalue weighted by Crippen LogP contribution is -2.29. The van der Waals surface area contributed by atoms with Crippen molar-refractivity contribution in [1.29, 1.82) is 0 Å². The van der Waals surface area contributed by atoms with Crippen LogP contribution in [0.2, 0.25) is 5.02 Å². The third-order valence-electron chi connectivity index (χ3n) is 6.22. The van der Waals surface area contributed by atoms with Crippen LogP contribution in [0.15, 0.2) is 64.0 Å². The molecule has 2 atom stereocenters. The van der Waals surface area contributed by atoms with Gasteiger partial charge in [-0.05, 0) is 69.2 Å². The summed E-state index contributed by atoms with van der Waals surface area (Å²) in [7, 11) is -3.03. The molecule has 1 N–H and O–H groups in total. The molecule has 0 saturated heterocycles. The van der Waals surface area contributed by atoms with Gasteiger partial charge < -0.3 is 5.32 Å². The number of nitrogens with one attached hydrogen (secondary N) is 1. The first-order valence-electron chi connectivity index (χ1n) is 12.5. The summed E-state index contributed by atoms with van der Waals surface area (Å²) in [5.41, 5.74) is 0.298. The molecule has 0 spiro atoms. The van der Waals surface area contributed by atoms with Crippen LogP contribution >= 0.6 is 11.6 Å². The molecule has 2 aromatic carbocycles. The Balaban J connectivity index is 1.58. The number of carbonyl (C=O) groups is 2. The van der Waals surface area contributed by atoms with Crippen molar-refractivity contribution in [2.24, 2.45) is 4.36 Å². The topological polar surface area (TPSA) is 119 Å². The van der Waals surface area contributed by atoms with Crippen molar-refractivity contribution in [2.45, 2.75) is 44.8 Å². The molecule has 1 unspecified atom stereocenters. The first kappa shape index (κ1) is 30.8. The normalized spacial score (nSPS) is 13.7. The number of carbonyl (C=O) groups excluding carboxylic acids is 2. The molecule has 0 aliphatic rings. The lowest BCUT2D eigenvalue weighted by Gasteiger charge is -2.15. The molecule has 0 bridgehead atoms. The number of nitrogens with zero attached hydrogens (tertiary/aromatic N) is 5. The number of amides is 2. The zero-order valence-corrected chi connectivity index (χ0v) is 24.7. The third-order valence-corrected chi connectivity index (χ3v) is 8.35. The van der Waals surface area contributed by atoms with Gasteiger partial charge in [-0.2, -0.15) is 22.2 Å². The van der Waals surface area contributed by atoms with E-state index in [1.807, 2.05) is 6.07 Å². The second-order valence-electron chi connectivity index (χ2n) is 9.68. The summed E-state index contributed by atoms with van der Waals surface area (Å²) >= 11 is 5.82. The van der Waals surface area contributed by atoms with Crippen molar-refractivity contribution in [2.75, 3.05) is 6.26 Å². The van der Waals surface area contributed by atoms with E-state index in [2.05, 4.69) is 24.7 Å². The van der Waals surface area contributed by atoms with Crippen LogP contribution < -0.4 is 5.32 Å². The zero-order valence-electron chi connectivity index (χ0n) is 23.2. The van der Waals surface area contributed by atoms with E-state index in [9.17, 15) is 27.0 Å². The fourth-order valence-corrected chi connectivity index (χ4v) is 6.48. The van der Waals surface area contributed by atoms with Crippen LogP contribution in [0, 0.1) is 20.8 Å². The Morgan fingerprint density at radius 3 is 2.31 bits per heavy atom. The minimum Gasteiger partial charge on any atom is -0.342 e. The summed E-state index contributed by atoms with van der Waals surface area (Å²) in [5.74, 6) is -0.687. The fraction of sp³-hybridized carbons (Fsp3) is 0.250. The molecule has 0 aliphatic heterocycles. The molecule has 9 nitrogen and oxygen atoms in total. The maximum atomic E-state index is 13.4. The van der Waals surface area contributed by atoms with Gasteiger partial charge in [-0.3, -0.25) is 9.59 Å². The van der Waals surface area contributed by atoms with E-state index in [-0.39, 0.29) is 27.8 Å². The van der Waals surface area contributed by atoms with Gasteiger partial charge in [0.25, 0.3) is 11.8 Å². The quantitative estimate of drug-likeness (QED) is 0.281. The Bertz CT molecular complexity index is 1790. The monoisotopic (exact) mass is 618 g/mol. The lowest BCUT2D eigenvalue weighted by atomic mass is 10.1. The molecule has 42 heavy (non-hydrogen) atoms. The van der Waals surface area contributed by atoms with Gasteiger partial charge in [-0.25, -0.2) is 14.2 Å². The predicted octanol–water partition coefficient (Wildman–Crippen LogP) is 6.05. The Morgan fingerprint density at radius 1 is 1.05 bits per heavy atom. The number of alkyl halides is 3. The van der Waals surface area contributed by atoms with E-state index < -0.39 is 39.3 Å². The summed E-state index contributed by atoms with van der Waals surface area (Å²) in [6, 6.07) is 10.1. The molecule has 220 valence electrons. The highest BCUT2D eigenvalue weighted by Gasteiger charge is 2.32. The SMILES string of the molecule is Cc1nc([C@H](C)NC(=O)c2cc(Cl)cc(C(F)(F)F)c2)n(-c2ccc(C(=O)N=S(C)(=O)c3c(C)cccc3C)cn2)n1. The summed E-state index contributed by atoms with van der Waals surface area (Å²) in [6.07, 6.45) is -2.01. The van der Waals surface area contributed by atoms with Gasteiger partial charge in [0.05, 0.1) is 31.8 Å². The first-order chi connectivity index (χ1) is 19.6. The largest absolute Gasteiger partial charge is 0.416 e. The molecular weight excluding hydrogens is 593 g/mol. The van der Waals surface area contributed by atoms with Crippen LogP contribution in [0.4, 0.5) is 13.2 Å². The number of aryl methyl sites for hydroxylation is 3. The van der Waals surface area contributed by atoms with Crippen LogP contribution in [-0.4, -0.2) is 42.0 Å². The average Bonchev–Trinajstić information content (AvgIpc) is 3.29. The molecule has 14 heteroatoms. The molecular formula is C28H26ClF3N6O3S. The highest BCUT2D eigenvalue weighted by molar-refractivity contribution is 7.93. The molecule has 0 fully saturated rings. The minimum atomic E-state index is -4.68. The molecule has 0 aliphatic carbocycles. The average molecular weight is 619 g/mol. The Kier molecular flexibility index (Phi) is 8.55. The van der Waals surface area contributed by atoms with Gasteiger partial charge in [0.15, 0.2) is 11.6 Å². The molecule has 2 amide bonds. The second-order valence-corrected chi connectivity index (χ2v) is 12.3. The van der Waals surface area contributed by atoms with Gasteiger partial charge in [-0.15, -0.1) is 5.10 Å². The lowest BCUT2D eigenvalue weighted by molar-refractivity contribution is -0.137. The molecule has 0 radical (unpaired) electrons. The number of hydrogen-bond acceptors (Lipinski definition) is 6.